The molecule has 1 N–H and O–H groups in total. The molecule has 2 aromatic rings. The molecule has 1 aliphatic carbocycles. The molecule has 1 aromatic carbocycles. The first-order valence-corrected chi connectivity index (χ1v) is 11.5. The third-order valence-electron chi connectivity index (χ3n) is 5.69. The number of thioether (sulfide) groups is 1. The van der Waals surface area contributed by atoms with E-state index in [2.05, 4.69) is 16.5 Å². The van der Waals surface area contributed by atoms with E-state index < -0.39 is 0 Å². The zero-order valence-electron chi connectivity index (χ0n) is 16.3. The third-order valence-corrected chi connectivity index (χ3v) is 6.87. The van der Waals surface area contributed by atoms with E-state index in [1.54, 1.807) is 0 Å². The first kappa shape index (κ1) is 19.8. The normalized spacial score (nSPS) is 19.5. The quantitative estimate of drug-likeness (QED) is 0.811. The van der Waals surface area contributed by atoms with E-state index in [0.717, 1.165) is 67.4 Å². The van der Waals surface area contributed by atoms with Gasteiger partial charge < -0.3 is 10.2 Å². The van der Waals surface area contributed by atoms with Crippen molar-refractivity contribution in [2.75, 3.05) is 31.1 Å². The van der Waals surface area contributed by atoms with Gasteiger partial charge in [-0.2, -0.15) is 16.9 Å². The molecule has 7 heteroatoms. The number of rotatable bonds is 5. The summed E-state index contributed by atoms with van der Waals surface area (Å²) >= 11 is 7.99. The van der Waals surface area contributed by atoms with Crippen molar-refractivity contribution in [3.63, 3.8) is 0 Å². The van der Waals surface area contributed by atoms with Crippen LogP contribution in [0, 0.1) is 0 Å². The van der Waals surface area contributed by atoms with Crippen LogP contribution in [0.2, 0.25) is 5.02 Å². The van der Waals surface area contributed by atoms with Gasteiger partial charge in [0.05, 0.1) is 0 Å². The van der Waals surface area contributed by atoms with Gasteiger partial charge in [-0.25, -0.2) is 0 Å². The molecule has 0 spiro atoms. The summed E-state index contributed by atoms with van der Waals surface area (Å²) in [7, 11) is 1.97. The molecule has 28 heavy (non-hydrogen) atoms. The van der Waals surface area contributed by atoms with Crippen LogP contribution in [0.4, 0.5) is 0 Å². The number of hydrogen-bond acceptors (Lipinski definition) is 4. The SMILES string of the molecule is Cn1nc(C(=O)N2CCSCC2)c2c1CCC(NCCc1cccc(Cl)c1)C2. The summed E-state index contributed by atoms with van der Waals surface area (Å²) in [5.74, 6) is 2.15. The van der Waals surface area contributed by atoms with Crippen molar-refractivity contribution in [2.45, 2.75) is 31.7 Å². The zero-order chi connectivity index (χ0) is 19.5. The standard InChI is InChI=1S/C21H27ClN4OS/c1-25-19-6-5-17(23-8-7-15-3-2-4-16(22)13-15)14-18(19)20(24-25)21(27)26-9-11-28-12-10-26/h2-4,13,17,23H,5-12,14H2,1H3. The minimum Gasteiger partial charge on any atom is -0.336 e. The molecule has 0 bridgehead atoms. The minimum absolute atomic E-state index is 0.108. The molecule has 2 heterocycles. The molecule has 1 aromatic heterocycles. The number of nitrogens with zero attached hydrogens (tertiary/aromatic N) is 3. The van der Waals surface area contributed by atoms with Crippen LogP contribution < -0.4 is 5.32 Å². The summed E-state index contributed by atoms with van der Waals surface area (Å²) in [6.45, 7) is 2.57. The Morgan fingerprint density at radius 2 is 2.18 bits per heavy atom. The van der Waals surface area contributed by atoms with E-state index in [0.29, 0.717) is 11.7 Å². The predicted molar refractivity (Wildman–Crippen MR) is 115 cm³/mol. The Morgan fingerprint density at radius 1 is 1.36 bits per heavy atom. The molecule has 0 radical (unpaired) electrons. The number of benzene rings is 1. The summed E-state index contributed by atoms with van der Waals surface area (Å²) in [5, 5.41) is 9.08. The van der Waals surface area contributed by atoms with E-state index in [1.807, 2.05) is 46.6 Å². The summed E-state index contributed by atoms with van der Waals surface area (Å²) in [6, 6.07) is 8.43. The maximum absolute atomic E-state index is 13.0. The second-order valence-corrected chi connectivity index (χ2v) is 9.24. The maximum atomic E-state index is 13.0. The Labute approximate surface area is 175 Å². The highest BCUT2D eigenvalue weighted by Gasteiger charge is 2.30. The molecule has 5 nitrogen and oxygen atoms in total. The molecule has 4 rings (SSSR count). The maximum Gasteiger partial charge on any atom is 0.274 e. The highest BCUT2D eigenvalue weighted by atomic mass is 35.5. The van der Waals surface area contributed by atoms with Crippen molar-refractivity contribution >= 4 is 29.3 Å². The predicted octanol–water partition coefficient (Wildman–Crippen LogP) is 2.95. The summed E-state index contributed by atoms with van der Waals surface area (Å²) in [4.78, 5) is 15.0. The van der Waals surface area contributed by atoms with Gasteiger partial charge in [0.25, 0.3) is 5.91 Å². The molecule has 1 saturated heterocycles. The van der Waals surface area contributed by atoms with Gasteiger partial charge in [-0.05, 0) is 49.9 Å². The van der Waals surface area contributed by atoms with Gasteiger partial charge in [-0.15, -0.1) is 0 Å². The van der Waals surface area contributed by atoms with Gasteiger partial charge in [0.2, 0.25) is 0 Å². The van der Waals surface area contributed by atoms with Crippen LogP contribution in [0.3, 0.4) is 0 Å². The van der Waals surface area contributed by atoms with Crippen molar-refractivity contribution in [1.29, 1.82) is 0 Å². The molecule has 1 aliphatic heterocycles. The fourth-order valence-electron chi connectivity index (χ4n) is 4.16. The largest absolute Gasteiger partial charge is 0.336 e. The molecule has 1 amide bonds. The van der Waals surface area contributed by atoms with Crippen LogP contribution in [0.25, 0.3) is 0 Å². The van der Waals surface area contributed by atoms with Crippen LogP contribution in [0.5, 0.6) is 0 Å². The molecular weight excluding hydrogens is 392 g/mol. The zero-order valence-corrected chi connectivity index (χ0v) is 17.9. The van der Waals surface area contributed by atoms with E-state index in [-0.39, 0.29) is 5.91 Å². The van der Waals surface area contributed by atoms with Crippen molar-refractivity contribution < 1.29 is 4.79 Å². The summed E-state index contributed by atoms with van der Waals surface area (Å²) in [5.41, 5.74) is 4.29. The molecule has 2 aliphatic rings. The molecule has 0 saturated carbocycles. The molecule has 1 unspecified atom stereocenters. The van der Waals surface area contributed by atoms with E-state index >= 15 is 0 Å². The number of nitrogens with one attached hydrogen (secondary N) is 1. The number of carbonyl (C=O) groups excluding carboxylic acids is 1. The highest BCUT2D eigenvalue weighted by Crippen LogP contribution is 2.26. The number of aromatic nitrogens is 2. The number of amides is 1. The van der Waals surface area contributed by atoms with Crippen LogP contribution in [-0.2, 0) is 26.3 Å². The fraction of sp³-hybridized carbons (Fsp3) is 0.524. The molecule has 150 valence electrons. The average molecular weight is 419 g/mol. The van der Waals surface area contributed by atoms with Crippen molar-refractivity contribution in [2.24, 2.45) is 7.05 Å². The number of carbonyl (C=O) groups is 1. The van der Waals surface area contributed by atoms with E-state index in [9.17, 15) is 4.79 Å². The number of hydrogen-bond donors (Lipinski definition) is 1. The van der Waals surface area contributed by atoms with Gasteiger partial charge in [0.15, 0.2) is 5.69 Å². The Kier molecular flexibility index (Phi) is 6.28. The highest BCUT2D eigenvalue weighted by molar-refractivity contribution is 7.99. The average Bonchev–Trinajstić information content (AvgIpc) is 3.04. The number of halogens is 1. The topological polar surface area (TPSA) is 50.2 Å². The second kappa shape index (κ2) is 8.89. The first-order chi connectivity index (χ1) is 13.6. The lowest BCUT2D eigenvalue weighted by atomic mass is 9.91. The summed E-state index contributed by atoms with van der Waals surface area (Å²) < 4.78 is 1.92. The Morgan fingerprint density at radius 3 is 2.96 bits per heavy atom. The van der Waals surface area contributed by atoms with Crippen LogP contribution in [-0.4, -0.2) is 57.8 Å². The first-order valence-electron chi connectivity index (χ1n) is 10.0. The van der Waals surface area contributed by atoms with Crippen molar-refractivity contribution in [3.8, 4) is 0 Å². The Hall–Kier alpha value is -1.50. The minimum atomic E-state index is 0.108. The van der Waals surface area contributed by atoms with Gasteiger partial charge in [0.1, 0.15) is 0 Å². The van der Waals surface area contributed by atoms with Gasteiger partial charge in [-0.1, -0.05) is 23.7 Å². The number of fused-ring (bicyclic) bond motifs is 1. The summed E-state index contributed by atoms with van der Waals surface area (Å²) in [6.07, 6.45) is 3.88. The van der Waals surface area contributed by atoms with E-state index in [4.69, 9.17) is 11.6 Å². The van der Waals surface area contributed by atoms with E-state index in [1.165, 1.54) is 11.3 Å². The Balaban J connectivity index is 1.40. The smallest absolute Gasteiger partial charge is 0.274 e. The van der Waals surface area contributed by atoms with Gasteiger partial charge in [0, 0.05) is 54.0 Å². The van der Waals surface area contributed by atoms with Gasteiger partial charge >= 0.3 is 0 Å². The van der Waals surface area contributed by atoms with Gasteiger partial charge in [-0.3, -0.25) is 9.48 Å². The lowest BCUT2D eigenvalue weighted by molar-refractivity contribution is 0.0764. The van der Waals surface area contributed by atoms with Crippen LogP contribution in [0.15, 0.2) is 24.3 Å². The lowest BCUT2D eigenvalue weighted by Crippen LogP contribution is -2.40. The molecule has 1 fully saturated rings. The van der Waals surface area contributed by atoms with Crippen molar-refractivity contribution in [1.82, 2.24) is 20.0 Å². The number of aryl methyl sites for hydroxylation is 1. The third kappa shape index (κ3) is 4.39. The fourth-order valence-corrected chi connectivity index (χ4v) is 5.28. The Bertz CT molecular complexity index is 847. The lowest BCUT2D eigenvalue weighted by Gasteiger charge is -2.27. The molecule has 1 atom stereocenters. The van der Waals surface area contributed by atoms with Crippen LogP contribution >= 0.6 is 23.4 Å². The van der Waals surface area contributed by atoms with Crippen LogP contribution in [0.1, 0.15) is 33.7 Å². The second-order valence-electron chi connectivity index (χ2n) is 7.58. The molecular formula is C21H27ClN4OS. The van der Waals surface area contributed by atoms with Crippen molar-refractivity contribution in [3.05, 3.63) is 51.8 Å². The monoisotopic (exact) mass is 418 g/mol.